The summed E-state index contributed by atoms with van der Waals surface area (Å²) in [6, 6.07) is 0.136. The van der Waals surface area contributed by atoms with Crippen molar-refractivity contribution in [2.24, 2.45) is 0 Å². The van der Waals surface area contributed by atoms with Crippen LogP contribution in [0.25, 0.3) is 0 Å². The Morgan fingerprint density at radius 3 is 2.67 bits per heavy atom. The molecule has 3 unspecified atom stereocenters. The van der Waals surface area contributed by atoms with Crippen molar-refractivity contribution in [3.05, 3.63) is 0 Å². The monoisotopic (exact) mass is 256 g/mol. The van der Waals surface area contributed by atoms with Crippen LogP contribution in [-0.2, 0) is 9.53 Å². The van der Waals surface area contributed by atoms with E-state index in [1.807, 2.05) is 20.8 Å². The second-order valence-corrected chi connectivity index (χ2v) is 5.93. The lowest BCUT2D eigenvalue weighted by molar-refractivity contribution is -0.124. The average Bonchev–Trinajstić information content (AvgIpc) is 2.75. The molecule has 0 aromatic carbocycles. The predicted molar refractivity (Wildman–Crippen MR) is 73.5 cm³/mol. The number of hydrogen-bond donors (Lipinski definition) is 2. The molecule has 1 rings (SSSR count). The van der Waals surface area contributed by atoms with Gasteiger partial charge in [0.1, 0.15) is 0 Å². The van der Waals surface area contributed by atoms with Crippen LogP contribution in [0, 0.1) is 0 Å². The van der Waals surface area contributed by atoms with Crippen molar-refractivity contribution in [2.75, 3.05) is 7.11 Å². The van der Waals surface area contributed by atoms with Gasteiger partial charge in [-0.15, -0.1) is 0 Å². The fourth-order valence-electron chi connectivity index (χ4n) is 2.33. The Morgan fingerprint density at radius 2 is 2.11 bits per heavy atom. The Kier molecular flexibility index (Phi) is 5.60. The average molecular weight is 256 g/mol. The van der Waals surface area contributed by atoms with E-state index in [4.69, 9.17) is 4.74 Å². The van der Waals surface area contributed by atoms with E-state index in [2.05, 4.69) is 17.6 Å². The topological polar surface area (TPSA) is 50.4 Å². The molecule has 3 atom stereocenters. The van der Waals surface area contributed by atoms with E-state index in [1.54, 1.807) is 7.11 Å². The summed E-state index contributed by atoms with van der Waals surface area (Å²) in [6.07, 6.45) is 4.52. The second-order valence-electron chi connectivity index (χ2n) is 5.93. The molecule has 18 heavy (non-hydrogen) atoms. The van der Waals surface area contributed by atoms with Gasteiger partial charge in [-0.1, -0.05) is 6.92 Å². The van der Waals surface area contributed by atoms with Gasteiger partial charge < -0.3 is 15.4 Å². The van der Waals surface area contributed by atoms with Gasteiger partial charge in [0.15, 0.2) is 0 Å². The van der Waals surface area contributed by atoms with E-state index >= 15 is 0 Å². The van der Waals surface area contributed by atoms with Crippen molar-refractivity contribution >= 4 is 5.91 Å². The molecule has 0 radical (unpaired) electrons. The summed E-state index contributed by atoms with van der Waals surface area (Å²) in [4.78, 5) is 12.1. The van der Waals surface area contributed by atoms with Gasteiger partial charge in [0.05, 0.1) is 12.1 Å². The lowest BCUT2D eigenvalue weighted by Gasteiger charge is -2.29. The quantitative estimate of drug-likeness (QED) is 0.762. The summed E-state index contributed by atoms with van der Waals surface area (Å²) in [5.74, 6) is 0.0728. The number of nitrogens with one attached hydrogen (secondary N) is 2. The SMILES string of the molecule is CCC(C)(C)NC(=O)C(C)NC1CCCC1OC. The molecule has 4 heteroatoms. The van der Waals surface area contributed by atoms with Crippen molar-refractivity contribution in [2.45, 2.75) is 77.1 Å². The van der Waals surface area contributed by atoms with Gasteiger partial charge in [0, 0.05) is 18.7 Å². The Balaban J connectivity index is 2.44. The van der Waals surface area contributed by atoms with Gasteiger partial charge in [-0.3, -0.25) is 4.79 Å². The van der Waals surface area contributed by atoms with Gasteiger partial charge in [-0.25, -0.2) is 0 Å². The molecule has 0 aromatic heterocycles. The third-order valence-electron chi connectivity index (χ3n) is 3.96. The zero-order valence-electron chi connectivity index (χ0n) is 12.4. The highest BCUT2D eigenvalue weighted by atomic mass is 16.5. The summed E-state index contributed by atoms with van der Waals surface area (Å²) >= 11 is 0. The second kappa shape index (κ2) is 6.53. The van der Waals surface area contributed by atoms with E-state index in [0.717, 1.165) is 19.3 Å². The summed E-state index contributed by atoms with van der Waals surface area (Å²) in [5.41, 5.74) is -0.136. The molecule has 0 bridgehead atoms. The third-order valence-corrected chi connectivity index (χ3v) is 3.96. The first-order valence-corrected chi connectivity index (χ1v) is 7.00. The lowest BCUT2D eigenvalue weighted by atomic mass is 10.0. The number of carbonyl (C=O) groups excluding carboxylic acids is 1. The van der Waals surface area contributed by atoms with Crippen LogP contribution in [0.15, 0.2) is 0 Å². The van der Waals surface area contributed by atoms with Crippen LogP contribution in [0.3, 0.4) is 0 Å². The van der Waals surface area contributed by atoms with E-state index in [1.165, 1.54) is 6.42 Å². The van der Waals surface area contributed by atoms with Crippen LogP contribution in [0.4, 0.5) is 0 Å². The van der Waals surface area contributed by atoms with Crippen LogP contribution in [-0.4, -0.2) is 36.7 Å². The maximum Gasteiger partial charge on any atom is 0.237 e. The molecule has 4 nitrogen and oxygen atoms in total. The standard InChI is InChI=1S/C14H28N2O2/c1-6-14(3,4)16-13(17)10(2)15-11-8-7-9-12(11)18-5/h10-12,15H,6-9H2,1-5H3,(H,16,17). The number of ether oxygens (including phenoxy) is 1. The smallest absolute Gasteiger partial charge is 0.237 e. The van der Waals surface area contributed by atoms with Crippen LogP contribution in [0.1, 0.15) is 53.4 Å². The van der Waals surface area contributed by atoms with E-state index in [0.29, 0.717) is 6.04 Å². The fourth-order valence-corrected chi connectivity index (χ4v) is 2.33. The van der Waals surface area contributed by atoms with Crippen molar-refractivity contribution in [1.82, 2.24) is 10.6 Å². The summed E-state index contributed by atoms with van der Waals surface area (Å²) in [5, 5.41) is 6.46. The minimum absolute atomic E-state index is 0.0728. The van der Waals surface area contributed by atoms with Crippen LogP contribution >= 0.6 is 0 Å². The molecule has 0 heterocycles. The molecule has 1 fully saturated rings. The molecule has 1 amide bonds. The molecule has 1 saturated carbocycles. The summed E-state index contributed by atoms with van der Waals surface area (Å²) in [7, 11) is 1.75. The third kappa shape index (κ3) is 4.25. The number of methoxy groups -OCH3 is 1. The zero-order valence-corrected chi connectivity index (χ0v) is 12.4. The first-order valence-electron chi connectivity index (χ1n) is 7.00. The largest absolute Gasteiger partial charge is 0.380 e. The van der Waals surface area contributed by atoms with Crippen molar-refractivity contribution in [3.8, 4) is 0 Å². The Labute approximate surface area is 111 Å². The Morgan fingerprint density at radius 1 is 1.44 bits per heavy atom. The first kappa shape index (κ1) is 15.4. The van der Waals surface area contributed by atoms with E-state index in [9.17, 15) is 4.79 Å². The zero-order chi connectivity index (χ0) is 13.8. The van der Waals surface area contributed by atoms with Crippen LogP contribution in [0.5, 0.6) is 0 Å². The van der Waals surface area contributed by atoms with Crippen molar-refractivity contribution in [1.29, 1.82) is 0 Å². The maximum absolute atomic E-state index is 12.1. The van der Waals surface area contributed by atoms with Crippen LogP contribution < -0.4 is 10.6 Å². The predicted octanol–water partition coefficient (Wildman–Crippen LogP) is 1.84. The number of amides is 1. The minimum Gasteiger partial charge on any atom is -0.380 e. The number of hydrogen-bond acceptors (Lipinski definition) is 3. The molecule has 0 aliphatic heterocycles. The highest BCUT2D eigenvalue weighted by molar-refractivity contribution is 5.82. The van der Waals surface area contributed by atoms with Crippen LogP contribution in [0.2, 0.25) is 0 Å². The molecule has 0 spiro atoms. The molecular formula is C14H28N2O2. The molecule has 0 aromatic rings. The number of carbonyl (C=O) groups is 1. The van der Waals surface area contributed by atoms with Gasteiger partial charge in [-0.05, 0) is 46.5 Å². The minimum atomic E-state index is -0.170. The summed E-state index contributed by atoms with van der Waals surface area (Å²) in [6.45, 7) is 8.10. The normalized spacial score (nSPS) is 26.1. The number of rotatable bonds is 6. The first-order chi connectivity index (χ1) is 8.39. The summed E-state index contributed by atoms with van der Waals surface area (Å²) < 4.78 is 5.43. The molecule has 106 valence electrons. The molecule has 1 aliphatic carbocycles. The molecule has 2 N–H and O–H groups in total. The maximum atomic E-state index is 12.1. The van der Waals surface area contributed by atoms with Crippen molar-refractivity contribution in [3.63, 3.8) is 0 Å². The highest BCUT2D eigenvalue weighted by Gasteiger charge is 2.30. The van der Waals surface area contributed by atoms with E-state index < -0.39 is 0 Å². The Bertz CT molecular complexity index is 279. The van der Waals surface area contributed by atoms with Crippen molar-refractivity contribution < 1.29 is 9.53 Å². The van der Waals surface area contributed by atoms with Gasteiger partial charge in [-0.2, -0.15) is 0 Å². The fraction of sp³-hybridized carbons (Fsp3) is 0.929. The molecular weight excluding hydrogens is 228 g/mol. The van der Waals surface area contributed by atoms with Gasteiger partial charge in [0.2, 0.25) is 5.91 Å². The van der Waals surface area contributed by atoms with Gasteiger partial charge >= 0.3 is 0 Å². The Hall–Kier alpha value is -0.610. The van der Waals surface area contributed by atoms with E-state index in [-0.39, 0.29) is 23.6 Å². The lowest BCUT2D eigenvalue weighted by Crippen LogP contribution is -2.54. The molecule has 0 saturated heterocycles. The highest BCUT2D eigenvalue weighted by Crippen LogP contribution is 2.22. The molecule has 1 aliphatic rings. The van der Waals surface area contributed by atoms with Gasteiger partial charge in [0.25, 0.3) is 0 Å².